The number of aromatic carboxylic acids is 1. The minimum absolute atomic E-state index is 0.0260. The molecule has 0 saturated heterocycles. The number of nitrogens with one attached hydrogen (secondary N) is 1. The van der Waals surface area contributed by atoms with E-state index >= 15 is 0 Å². The zero-order valence-electron chi connectivity index (χ0n) is 16.0. The summed E-state index contributed by atoms with van der Waals surface area (Å²) in [7, 11) is -4.06. The highest BCUT2D eigenvalue weighted by Crippen LogP contribution is 2.34. The van der Waals surface area contributed by atoms with Gasteiger partial charge in [0, 0.05) is 16.5 Å². The number of benzene rings is 3. The summed E-state index contributed by atoms with van der Waals surface area (Å²) in [5.74, 6) is -1.79. The van der Waals surface area contributed by atoms with Gasteiger partial charge in [-0.3, -0.25) is 4.72 Å². The standard InChI is InChI=1S/C22H20FNO5S/c23-19-10-9-14(13-18(19)22(25)26)24-30(27,28)21-12-11-20(29-15-5-1-2-6-15)16-7-3-4-8-17(16)21/h3-4,7-13,15,24H,1-2,5-6H2,(H,25,26). The second kappa shape index (κ2) is 7.95. The highest BCUT2D eigenvalue weighted by Gasteiger charge is 2.22. The second-order valence-corrected chi connectivity index (χ2v) is 8.89. The quantitative estimate of drug-likeness (QED) is 0.587. The van der Waals surface area contributed by atoms with Crippen LogP contribution in [0.25, 0.3) is 10.8 Å². The molecule has 3 aromatic carbocycles. The van der Waals surface area contributed by atoms with Crippen molar-refractivity contribution in [3.8, 4) is 5.75 Å². The molecule has 6 nitrogen and oxygen atoms in total. The number of hydrogen-bond acceptors (Lipinski definition) is 4. The summed E-state index contributed by atoms with van der Waals surface area (Å²) >= 11 is 0. The number of carbonyl (C=O) groups is 1. The Bertz CT molecular complexity index is 1220. The summed E-state index contributed by atoms with van der Waals surface area (Å²) in [5.41, 5.74) is -0.649. The van der Waals surface area contributed by atoms with Crippen molar-refractivity contribution in [3.05, 3.63) is 66.0 Å². The molecule has 2 N–H and O–H groups in total. The Morgan fingerprint density at radius 3 is 2.43 bits per heavy atom. The topological polar surface area (TPSA) is 92.7 Å². The second-order valence-electron chi connectivity index (χ2n) is 7.24. The molecule has 0 spiro atoms. The molecule has 30 heavy (non-hydrogen) atoms. The Hall–Kier alpha value is -3.13. The smallest absolute Gasteiger partial charge is 0.338 e. The van der Waals surface area contributed by atoms with Crippen LogP contribution in [0.4, 0.5) is 10.1 Å². The number of carboxylic acid groups (broad SMARTS) is 1. The maximum Gasteiger partial charge on any atom is 0.338 e. The van der Waals surface area contributed by atoms with Crippen LogP contribution in [0, 0.1) is 5.82 Å². The number of ether oxygens (including phenoxy) is 1. The van der Waals surface area contributed by atoms with Crippen LogP contribution in [-0.4, -0.2) is 25.6 Å². The molecule has 0 bridgehead atoms. The minimum atomic E-state index is -4.06. The van der Waals surface area contributed by atoms with Gasteiger partial charge in [0.15, 0.2) is 0 Å². The van der Waals surface area contributed by atoms with Crippen LogP contribution < -0.4 is 9.46 Å². The Morgan fingerprint density at radius 1 is 1.03 bits per heavy atom. The maximum absolute atomic E-state index is 13.6. The molecule has 0 radical (unpaired) electrons. The van der Waals surface area contributed by atoms with Gasteiger partial charge < -0.3 is 9.84 Å². The fourth-order valence-corrected chi connectivity index (χ4v) is 4.99. The molecule has 1 aliphatic carbocycles. The molecule has 1 saturated carbocycles. The van der Waals surface area contributed by atoms with Gasteiger partial charge in [-0.25, -0.2) is 17.6 Å². The molecule has 0 unspecified atom stereocenters. The van der Waals surface area contributed by atoms with E-state index in [1.54, 1.807) is 24.3 Å². The predicted molar refractivity (Wildman–Crippen MR) is 111 cm³/mol. The van der Waals surface area contributed by atoms with Crippen molar-refractivity contribution in [3.63, 3.8) is 0 Å². The van der Waals surface area contributed by atoms with Gasteiger partial charge >= 0.3 is 5.97 Å². The van der Waals surface area contributed by atoms with Crippen molar-refractivity contribution in [2.45, 2.75) is 36.7 Å². The summed E-state index contributed by atoms with van der Waals surface area (Å²) < 4.78 is 48.2. The average molecular weight is 429 g/mol. The molecule has 0 amide bonds. The minimum Gasteiger partial charge on any atom is -0.490 e. The first-order valence-corrected chi connectivity index (χ1v) is 11.1. The van der Waals surface area contributed by atoms with Gasteiger partial charge in [0.05, 0.1) is 16.6 Å². The number of anilines is 1. The van der Waals surface area contributed by atoms with Gasteiger partial charge in [-0.05, 0) is 56.0 Å². The molecular formula is C22H20FNO5S. The Kier molecular flexibility index (Phi) is 5.34. The van der Waals surface area contributed by atoms with Crippen molar-refractivity contribution in [1.82, 2.24) is 0 Å². The van der Waals surface area contributed by atoms with Crippen LogP contribution in [0.5, 0.6) is 5.75 Å². The summed E-state index contributed by atoms with van der Waals surface area (Å²) in [4.78, 5) is 11.2. The third-order valence-corrected chi connectivity index (χ3v) is 6.62. The molecule has 1 fully saturated rings. The SMILES string of the molecule is O=C(O)c1cc(NS(=O)(=O)c2ccc(OC3CCCC3)c3ccccc23)ccc1F. The fourth-order valence-electron chi connectivity index (χ4n) is 3.73. The van der Waals surface area contributed by atoms with Crippen LogP contribution in [0.15, 0.2) is 59.5 Å². The number of halogens is 1. The van der Waals surface area contributed by atoms with E-state index in [1.807, 2.05) is 6.07 Å². The lowest BCUT2D eigenvalue weighted by Gasteiger charge is -2.17. The summed E-state index contributed by atoms with van der Waals surface area (Å²) in [6.07, 6.45) is 4.32. The van der Waals surface area contributed by atoms with Crippen LogP contribution >= 0.6 is 0 Å². The van der Waals surface area contributed by atoms with E-state index in [-0.39, 0.29) is 16.7 Å². The van der Waals surface area contributed by atoms with E-state index < -0.39 is 27.4 Å². The van der Waals surface area contributed by atoms with Gasteiger partial charge in [0.1, 0.15) is 11.6 Å². The van der Waals surface area contributed by atoms with Crippen molar-refractivity contribution in [2.24, 2.45) is 0 Å². The van der Waals surface area contributed by atoms with E-state index in [1.165, 1.54) is 12.1 Å². The van der Waals surface area contributed by atoms with Gasteiger partial charge in [0.25, 0.3) is 10.0 Å². The van der Waals surface area contributed by atoms with Gasteiger partial charge in [0.2, 0.25) is 0 Å². The molecule has 8 heteroatoms. The van der Waals surface area contributed by atoms with Crippen LogP contribution in [0.2, 0.25) is 0 Å². The van der Waals surface area contributed by atoms with Gasteiger partial charge in [-0.2, -0.15) is 0 Å². The lowest BCUT2D eigenvalue weighted by atomic mass is 10.1. The molecule has 0 aromatic heterocycles. The Morgan fingerprint density at radius 2 is 1.73 bits per heavy atom. The van der Waals surface area contributed by atoms with Crippen molar-refractivity contribution in [2.75, 3.05) is 4.72 Å². The fraction of sp³-hybridized carbons (Fsp3) is 0.227. The van der Waals surface area contributed by atoms with Crippen LogP contribution in [-0.2, 0) is 10.0 Å². The third kappa shape index (κ3) is 3.95. The largest absolute Gasteiger partial charge is 0.490 e. The van der Waals surface area contributed by atoms with Crippen molar-refractivity contribution in [1.29, 1.82) is 0 Å². The molecule has 0 heterocycles. The van der Waals surface area contributed by atoms with E-state index in [4.69, 9.17) is 9.84 Å². The lowest BCUT2D eigenvalue weighted by molar-refractivity contribution is 0.0692. The van der Waals surface area contributed by atoms with Crippen molar-refractivity contribution >= 4 is 32.5 Å². The first-order chi connectivity index (χ1) is 14.3. The molecule has 156 valence electrons. The lowest BCUT2D eigenvalue weighted by Crippen LogP contribution is -2.15. The number of hydrogen-bond donors (Lipinski definition) is 2. The molecule has 3 aromatic rings. The number of rotatable bonds is 6. The highest BCUT2D eigenvalue weighted by molar-refractivity contribution is 7.93. The summed E-state index contributed by atoms with van der Waals surface area (Å²) in [6.45, 7) is 0. The monoisotopic (exact) mass is 429 g/mol. The Balaban J connectivity index is 1.71. The van der Waals surface area contributed by atoms with Gasteiger partial charge in [-0.1, -0.05) is 24.3 Å². The van der Waals surface area contributed by atoms with Crippen LogP contribution in [0.1, 0.15) is 36.0 Å². The number of fused-ring (bicyclic) bond motifs is 1. The van der Waals surface area contributed by atoms with Crippen molar-refractivity contribution < 1.29 is 27.4 Å². The number of carboxylic acids is 1. The molecule has 1 aliphatic rings. The zero-order valence-corrected chi connectivity index (χ0v) is 16.8. The van der Waals surface area contributed by atoms with E-state index in [2.05, 4.69) is 4.72 Å². The molecular weight excluding hydrogens is 409 g/mol. The molecule has 0 aliphatic heterocycles. The summed E-state index contributed by atoms with van der Waals surface area (Å²) in [5, 5.41) is 10.2. The van der Waals surface area contributed by atoms with Crippen LogP contribution in [0.3, 0.4) is 0 Å². The predicted octanol–water partition coefficient (Wildman–Crippen LogP) is 4.80. The molecule has 4 rings (SSSR count). The van der Waals surface area contributed by atoms with Gasteiger partial charge in [-0.15, -0.1) is 0 Å². The van der Waals surface area contributed by atoms with E-state index in [0.29, 0.717) is 16.5 Å². The van der Waals surface area contributed by atoms with E-state index in [9.17, 15) is 17.6 Å². The maximum atomic E-state index is 13.6. The highest BCUT2D eigenvalue weighted by atomic mass is 32.2. The zero-order chi connectivity index (χ0) is 21.3. The first kappa shape index (κ1) is 20.2. The molecule has 0 atom stereocenters. The summed E-state index contributed by atoms with van der Waals surface area (Å²) in [6, 6.07) is 13.2. The van der Waals surface area contributed by atoms with E-state index in [0.717, 1.165) is 37.8 Å². The first-order valence-electron chi connectivity index (χ1n) is 9.59. The third-order valence-electron chi connectivity index (χ3n) is 5.18. The Labute approximate surface area is 173 Å². The normalized spacial score (nSPS) is 14.7. The average Bonchev–Trinajstić information content (AvgIpc) is 3.22. The number of sulfonamides is 1.